The Morgan fingerprint density at radius 1 is 1.32 bits per heavy atom. The Morgan fingerprint density at radius 3 is 2.73 bits per heavy atom. The molecule has 1 fully saturated rings. The van der Waals surface area contributed by atoms with Crippen LogP contribution in [0.2, 0.25) is 0 Å². The minimum atomic E-state index is -0.207. The Balaban J connectivity index is 1.81. The van der Waals surface area contributed by atoms with Gasteiger partial charge >= 0.3 is 0 Å². The number of likely N-dealkylation sites (tertiary alicyclic amines) is 1. The van der Waals surface area contributed by atoms with Crippen molar-refractivity contribution < 1.29 is 4.39 Å². The Morgan fingerprint density at radius 2 is 2.09 bits per heavy atom. The first-order valence-corrected chi connectivity index (χ1v) is 7.99. The molecule has 118 valence electrons. The van der Waals surface area contributed by atoms with Crippen molar-refractivity contribution in [3.8, 4) is 0 Å². The fourth-order valence-electron chi connectivity index (χ4n) is 3.49. The molecule has 2 atom stereocenters. The molecule has 2 heterocycles. The molecule has 1 unspecified atom stereocenters. The Kier molecular flexibility index (Phi) is 4.60. The summed E-state index contributed by atoms with van der Waals surface area (Å²) in [5.74, 6) is -0.207. The largest absolute Gasteiger partial charge is 0.365 e. The molecule has 0 amide bonds. The summed E-state index contributed by atoms with van der Waals surface area (Å²) in [5, 5.41) is 0. The van der Waals surface area contributed by atoms with Gasteiger partial charge in [0.15, 0.2) is 0 Å². The molecule has 3 rings (SSSR count). The Bertz CT molecular complexity index is 564. The van der Waals surface area contributed by atoms with E-state index < -0.39 is 0 Å². The molecule has 3 nitrogen and oxygen atoms in total. The number of rotatable bonds is 4. The lowest BCUT2D eigenvalue weighted by atomic mass is 10.00. The van der Waals surface area contributed by atoms with Gasteiger partial charge in [-0.25, -0.2) is 4.39 Å². The van der Waals surface area contributed by atoms with Gasteiger partial charge in [0, 0.05) is 25.3 Å². The van der Waals surface area contributed by atoms with Gasteiger partial charge < -0.3 is 10.6 Å². The number of nitrogens with zero attached hydrogens (tertiary/aromatic N) is 2. The smallest absolute Gasteiger partial charge is 0.123 e. The Labute approximate surface area is 131 Å². The molecule has 0 saturated carbocycles. The minimum Gasteiger partial charge on any atom is -0.365 e. The van der Waals surface area contributed by atoms with Crippen molar-refractivity contribution in [1.82, 2.24) is 9.80 Å². The van der Waals surface area contributed by atoms with Crippen LogP contribution in [0, 0.1) is 5.82 Å². The van der Waals surface area contributed by atoms with Crippen LogP contribution in [0.1, 0.15) is 24.4 Å². The summed E-state index contributed by atoms with van der Waals surface area (Å²) in [6, 6.07) is 7.28. The van der Waals surface area contributed by atoms with Gasteiger partial charge in [-0.2, -0.15) is 0 Å². The number of benzene rings is 1. The van der Waals surface area contributed by atoms with Gasteiger partial charge in [-0.15, -0.1) is 0 Å². The first-order valence-electron chi connectivity index (χ1n) is 7.99. The predicted octanol–water partition coefficient (Wildman–Crippen LogP) is 2.68. The van der Waals surface area contributed by atoms with Gasteiger partial charge in [0.1, 0.15) is 5.82 Å². The minimum absolute atomic E-state index is 0.0901. The van der Waals surface area contributed by atoms with E-state index in [1.165, 1.54) is 30.5 Å². The summed E-state index contributed by atoms with van der Waals surface area (Å²) in [6.07, 6.45) is 9.15. The third kappa shape index (κ3) is 3.08. The molecule has 0 spiro atoms. The molecule has 1 saturated heterocycles. The maximum atomic E-state index is 13.1. The zero-order valence-electron chi connectivity index (χ0n) is 13.1. The van der Waals surface area contributed by atoms with Crippen LogP contribution in [0.4, 0.5) is 4.39 Å². The second-order valence-electron chi connectivity index (χ2n) is 6.17. The second kappa shape index (κ2) is 6.63. The van der Waals surface area contributed by atoms with Crippen molar-refractivity contribution in [3.63, 3.8) is 0 Å². The molecule has 0 radical (unpaired) electrons. The maximum Gasteiger partial charge on any atom is 0.123 e. The van der Waals surface area contributed by atoms with E-state index in [2.05, 4.69) is 35.2 Å². The highest BCUT2D eigenvalue weighted by Gasteiger charge is 2.26. The van der Waals surface area contributed by atoms with E-state index in [4.69, 9.17) is 5.73 Å². The van der Waals surface area contributed by atoms with E-state index in [1.54, 1.807) is 0 Å². The van der Waals surface area contributed by atoms with Gasteiger partial charge in [-0.1, -0.05) is 24.3 Å². The van der Waals surface area contributed by atoms with Gasteiger partial charge in [-0.05, 0) is 49.7 Å². The van der Waals surface area contributed by atoms with E-state index >= 15 is 0 Å². The van der Waals surface area contributed by atoms with Crippen molar-refractivity contribution >= 4 is 0 Å². The zero-order chi connectivity index (χ0) is 15.5. The standard InChI is InChI=1S/C18H24FN3/c1-21-10-3-5-17(21)15-4-2-11-22(13-15)18(12-20)14-6-8-16(19)9-7-14/h2,4,6-9,13,17-18H,3,5,10-12,20H2,1H3/t17-,18?/m0/s1. The van der Waals surface area contributed by atoms with Crippen LogP contribution in [0.3, 0.4) is 0 Å². The van der Waals surface area contributed by atoms with Crippen LogP contribution in [0.5, 0.6) is 0 Å². The Hall–Kier alpha value is -1.65. The van der Waals surface area contributed by atoms with Crippen molar-refractivity contribution in [2.45, 2.75) is 24.9 Å². The summed E-state index contributed by atoms with van der Waals surface area (Å²) in [5.41, 5.74) is 8.42. The van der Waals surface area contributed by atoms with E-state index in [0.29, 0.717) is 12.6 Å². The summed E-state index contributed by atoms with van der Waals surface area (Å²) < 4.78 is 13.1. The topological polar surface area (TPSA) is 32.5 Å². The molecule has 4 heteroatoms. The van der Waals surface area contributed by atoms with Crippen LogP contribution >= 0.6 is 0 Å². The van der Waals surface area contributed by atoms with E-state index in [1.807, 2.05) is 12.1 Å². The lowest BCUT2D eigenvalue weighted by Crippen LogP contribution is -2.34. The molecule has 2 aliphatic rings. The van der Waals surface area contributed by atoms with Crippen LogP contribution in [0.15, 0.2) is 48.2 Å². The lowest BCUT2D eigenvalue weighted by Gasteiger charge is -2.34. The molecule has 2 aliphatic heterocycles. The molecule has 1 aromatic carbocycles. The second-order valence-corrected chi connectivity index (χ2v) is 6.17. The zero-order valence-corrected chi connectivity index (χ0v) is 13.1. The van der Waals surface area contributed by atoms with Crippen LogP contribution in [-0.2, 0) is 0 Å². The lowest BCUT2D eigenvalue weighted by molar-refractivity contribution is 0.294. The molecule has 1 aromatic rings. The summed E-state index contributed by atoms with van der Waals surface area (Å²) in [6.45, 7) is 2.52. The third-order valence-corrected chi connectivity index (χ3v) is 4.73. The molecule has 22 heavy (non-hydrogen) atoms. The maximum absolute atomic E-state index is 13.1. The SMILES string of the molecule is CN1CCC[C@H]1C1=CN(C(CN)c2ccc(F)cc2)CC=C1. The number of halogens is 1. The highest BCUT2D eigenvalue weighted by Crippen LogP contribution is 2.28. The van der Waals surface area contributed by atoms with E-state index in [9.17, 15) is 4.39 Å². The van der Waals surface area contributed by atoms with Crippen LogP contribution in [-0.4, -0.2) is 42.5 Å². The first-order chi connectivity index (χ1) is 10.7. The summed E-state index contributed by atoms with van der Waals surface area (Å²) in [4.78, 5) is 4.68. The third-order valence-electron chi connectivity index (χ3n) is 4.73. The normalized spacial score (nSPS) is 23.7. The molecular weight excluding hydrogens is 277 g/mol. The van der Waals surface area contributed by atoms with E-state index in [-0.39, 0.29) is 11.9 Å². The molecule has 0 aliphatic carbocycles. The summed E-state index contributed by atoms with van der Waals surface area (Å²) in [7, 11) is 2.19. The molecule has 0 aromatic heterocycles. The van der Waals surface area contributed by atoms with Gasteiger partial charge in [0.25, 0.3) is 0 Å². The predicted molar refractivity (Wildman–Crippen MR) is 87.8 cm³/mol. The van der Waals surface area contributed by atoms with Crippen molar-refractivity contribution in [1.29, 1.82) is 0 Å². The number of likely N-dealkylation sites (N-methyl/N-ethyl adjacent to an activating group) is 1. The van der Waals surface area contributed by atoms with Crippen molar-refractivity contribution in [2.24, 2.45) is 5.73 Å². The average molecular weight is 301 g/mol. The van der Waals surface area contributed by atoms with Gasteiger partial charge in [0.2, 0.25) is 0 Å². The monoisotopic (exact) mass is 301 g/mol. The number of hydrogen-bond donors (Lipinski definition) is 1. The number of hydrogen-bond acceptors (Lipinski definition) is 3. The average Bonchev–Trinajstić information content (AvgIpc) is 2.96. The van der Waals surface area contributed by atoms with Gasteiger partial charge in [0.05, 0.1) is 6.04 Å². The highest BCUT2D eigenvalue weighted by atomic mass is 19.1. The van der Waals surface area contributed by atoms with Crippen molar-refractivity contribution in [3.05, 3.63) is 59.6 Å². The quantitative estimate of drug-likeness (QED) is 0.928. The fourth-order valence-corrected chi connectivity index (χ4v) is 3.49. The first kappa shape index (κ1) is 15.3. The van der Waals surface area contributed by atoms with Gasteiger partial charge in [-0.3, -0.25) is 4.90 Å². The summed E-state index contributed by atoms with van der Waals surface area (Å²) >= 11 is 0. The highest BCUT2D eigenvalue weighted by molar-refractivity contribution is 5.30. The molecule has 0 bridgehead atoms. The van der Waals surface area contributed by atoms with Crippen molar-refractivity contribution in [2.75, 3.05) is 26.7 Å². The fraction of sp³-hybridized carbons (Fsp3) is 0.444. The number of nitrogens with two attached hydrogens (primary N) is 1. The molecule has 2 N–H and O–H groups in total. The molecular formula is C18H24FN3. The van der Waals surface area contributed by atoms with Crippen LogP contribution < -0.4 is 5.73 Å². The van der Waals surface area contributed by atoms with Crippen LogP contribution in [0.25, 0.3) is 0 Å². The van der Waals surface area contributed by atoms with E-state index in [0.717, 1.165) is 18.7 Å².